The molecule has 1 aliphatic heterocycles. The molecule has 1 aromatic heterocycles. The van der Waals surface area contributed by atoms with Crippen molar-refractivity contribution in [2.24, 2.45) is 0 Å². The number of hydrogen-bond acceptors (Lipinski definition) is 2. The molecule has 0 saturated heterocycles. The molecule has 0 spiro atoms. The third-order valence-corrected chi connectivity index (χ3v) is 6.06. The number of likely N-dealkylation sites (N-methyl/N-ethyl adjacent to an activating group) is 1. The van der Waals surface area contributed by atoms with E-state index in [4.69, 9.17) is 23.2 Å². The molecule has 0 saturated carbocycles. The van der Waals surface area contributed by atoms with Crippen LogP contribution in [-0.2, 0) is 24.3 Å². The molecule has 28 heavy (non-hydrogen) atoms. The Morgan fingerprint density at radius 1 is 1.14 bits per heavy atom. The summed E-state index contributed by atoms with van der Waals surface area (Å²) in [5.41, 5.74) is 4.70. The first-order valence-corrected chi connectivity index (χ1v) is 10.1. The first kappa shape index (κ1) is 19.3. The van der Waals surface area contributed by atoms with Gasteiger partial charge >= 0.3 is 5.97 Å². The van der Waals surface area contributed by atoms with E-state index < -0.39 is 5.97 Å². The lowest BCUT2D eigenvalue weighted by Crippen LogP contribution is -2.28. The highest BCUT2D eigenvalue weighted by atomic mass is 35.5. The van der Waals surface area contributed by atoms with E-state index in [0.717, 1.165) is 35.6 Å². The van der Waals surface area contributed by atoms with E-state index in [1.807, 2.05) is 36.4 Å². The zero-order valence-electron chi connectivity index (χ0n) is 15.7. The highest BCUT2D eigenvalue weighted by Gasteiger charge is 2.25. The number of halogens is 2. The molecule has 1 N–H and O–H groups in total. The van der Waals surface area contributed by atoms with Crippen molar-refractivity contribution in [1.82, 2.24) is 9.47 Å². The van der Waals surface area contributed by atoms with E-state index in [1.165, 1.54) is 16.6 Å². The average Bonchev–Trinajstić information content (AvgIpc) is 2.94. The van der Waals surface area contributed by atoms with Gasteiger partial charge in [0.25, 0.3) is 0 Å². The minimum Gasteiger partial charge on any atom is -0.481 e. The minimum atomic E-state index is -0.801. The second-order valence-electron chi connectivity index (χ2n) is 7.53. The minimum absolute atomic E-state index is 0.0690. The average molecular weight is 417 g/mol. The first-order valence-electron chi connectivity index (χ1n) is 9.37. The maximum atomic E-state index is 11.6. The van der Waals surface area contributed by atoms with Crippen LogP contribution in [0, 0.1) is 0 Å². The number of carbonyl (C=O) groups is 1. The van der Waals surface area contributed by atoms with Gasteiger partial charge in [-0.1, -0.05) is 35.3 Å². The molecule has 2 aromatic carbocycles. The Hall–Kier alpha value is -2.01. The molecule has 0 aliphatic carbocycles. The Kier molecular flexibility index (Phi) is 5.37. The molecule has 0 bridgehead atoms. The summed E-state index contributed by atoms with van der Waals surface area (Å²) in [4.78, 5) is 13.9. The molecule has 0 fully saturated rings. The van der Waals surface area contributed by atoms with Crippen LogP contribution >= 0.6 is 23.2 Å². The number of carboxylic acid groups (broad SMARTS) is 1. The largest absolute Gasteiger partial charge is 0.481 e. The SMILES string of the molecule is CN1CCc2c(n(CC(CC(=O)O)c3ccc(Cl)cc3)c3ccc(Cl)cc23)C1. The van der Waals surface area contributed by atoms with E-state index in [1.54, 1.807) is 0 Å². The van der Waals surface area contributed by atoms with E-state index in [9.17, 15) is 9.90 Å². The van der Waals surface area contributed by atoms with Crippen LogP contribution < -0.4 is 0 Å². The second kappa shape index (κ2) is 7.78. The summed E-state index contributed by atoms with van der Waals surface area (Å²) in [5, 5.41) is 12.1. The fourth-order valence-electron chi connectivity index (χ4n) is 4.21. The van der Waals surface area contributed by atoms with Crippen LogP contribution in [0.2, 0.25) is 10.0 Å². The molecule has 0 amide bonds. The molecule has 2 heterocycles. The maximum absolute atomic E-state index is 11.6. The Morgan fingerprint density at radius 2 is 1.86 bits per heavy atom. The standard InChI is InChI=1S/C22H22Cl2N2O2/c1-25-9-8-18-19-11-17(24)6-7-20(19)26(21(18)13-25)12-15(10-22(27)28)14-2-4-16(23)5-3-14/h2-7,11,15H,8-10,12-13H2,1H3,(H,27,28). The van der Waals surface area contributed by atoms with Gasteiger partial charge in [0.05, 0.1) is 6.42 Å². The smallest absolute Gasteiger partial charge is 0.304 e. The Labute approximate surface area is 174 Å². The summed E-state index contributed by atoms with van der Waals surface area (Å²) >= 11 is 12.3. The highest BCUT2D eigenvalue weighted by Crippen LogP contribution is 2.35. The van der Waals surface area contributed by atoms with Crippen LogP contribution in [0.5, 0.6) is 0 Å². The molecule has 6 heteroatoms. The molecule has 4 rings (SSSR count). The number of carboxylic acids is 1. The van der Waals surface area contributed by atoms with Crippen molar-refractivity contribution in [2.75, 3.05) is 13.6 Å². The first-order chi connectivity index (χ1) is 13.4. The van der Waals surface area contributed by atoms with E-state index in [-0.39, 0.29) is 12.3 Å². The number of aromatic nitrogens is 1. The lowest BCUT2D eigenvalue weighted by Gasteiger charge is -2.26. The van der Waals surface area contributed by atoms with Gasteiger partial charge in [0.1, 0.15) is 0 Å². The molecule has 1 unspecified atom stereocenters. The second-order valence-corrected chi connectivity index (χ2v) is 8.40. The van der Waals surface area contributed by atoms with Crippen molar-refractivity contribution in [3.8, 4) is 0 Å². The summed E-state index contributed by atoms with van der Waals surface area (Å²) in [5.74, 6) is -0.942. The maximum Gasteiger partial charge on any atom is 0.304 e. The van der Waals surface area contributed by atoms with Crippen LogP contribution in [0.25, 0.3) is 10.9 Å². The molecule has 0 radical (unpaired) electrons. The fraction of sp³-hybridized carbons (Fsp3) is 0.318. The molecule has 3 aromatic rings. The third-order valence-electron chi connectivity index (χ3n) is 5.58. The van der Waals surface area contributed by atoms with Crippen molar-refractivity contribution in [2.45, 2.75) is 31.8 Å². The predicted octanol–water partition coefficient (Wildman–Crippen LogP) is 5.19. The number of benzene rings is 2. The van der Waals surface area contributed by atoms with Crippen molar-refractivity contribution in [1.29, 1.82) is 0 Å². The van der Waals surface area contributed by atoms with Gasteiger partial charge in [-0.05, 0) is 54.9 Å². The van der Waals surface area contributed by atoms with Crippen LogP contribution in [0.15, 0.2) is 42.5 Å². The van der Waals surface area contributed by atoms with Crippen molar-refractivity contribution < 1.29 is 9.90 Å². The van der Waals surface area contributed by atoms with Crippen molar-refractivity contribution in [3.05, 3.63) is 69.3 Å². The number of rotatable bonds is 5. The van der Waals surface area contributed by atoms with Crippen molar-refractivity contribution in [3.63, 3.8) is 0 Å². The topological polar surface area (TPSA) is 45.5 Å². The Bertz CT molecular complexity index is 1030. The Morgan fingerprint density at radius 3 is 2.57 bits per heavy atom. The van der Waals surface area contributed by atoms with Crippen LogP contribution in [-0.4, -0.2) is 34.1 Å². The van der Waals surface area contributed by atoms with Gasteiger partial charge in [0, 0.05) is 52.2 Å². The van der Waals surface area contributed by atoms with Gasteiger partial charge in [0.15, 0.2) is 0 Å². The van der Waals surface area contributed by atoms with Crippen molar-refractivity contribution >= 4 is 40.1 Å². The summed E-state index contributed by atoms with van der Waals surface area (Å²) in [6.45, 7) is 2.46. The van der Waals surface area contributed by atoms with Crippen LogP contribution in [0.3, 0.4) is 0 Å². The number of hydrogen-bond donors (Lipinski definition) is 1. The van der Waals surface area contributed by atoms with Gasteiger partial charge in [-0.2, -0.15) is 0 Å². The van der Waals surface area contributed by atoms with E-state index in [0.29, 0.717) is 11.6 Å². The molecule has 1 aliphatic rings. The number of fused-ring (bicyclic) bond motifs is 3. The highest BCUT2D eigenvalue weighted by molar-refractivity contribution is 6.31. The van der Waals surface area contributed by atoms with Crippen LogP contribution in [0.4, 0.5) is 0 Å². The lowest BCUT2D eigenvalue weighted by molar-refractivity contribution is -0.137. The van der Waals surface area contributed by atoms with Crippen LogP contribution in [0.1, 0.15) is 29.2 Å². The molecule has 1 atom stereocenters. The van der Waals surface area contributed by atoms with Gasteiger partial charge in [-0.3, -0.25) is 4.79 Å². The van der Waals surface area contributed by atoms with E-state index in [2.05, 4.69) is 22.6 Å². The molecule has 4 nitrogen and oxygen atoms in total. The van der Waals surface area contributed by atoms with Gasteiger partial charge in [0.2, 0.25) is 0 Å². The van der Waals surface area contributed by atoms with Gasteiger partial charge in [-0.15, -0.1) is 0 Å². The summed E-state index contributed by atoms with van der Waals surface area (Å²) in [7, 11) is 2.12. The zero-order valence-corrected chi connectivity index (χ0v) is 17.2. The summed E-state index contributed by atoms with van der Waals surface area (Å²) in [6, 6.07) is 13.5. The van der Waals surface area contributed by atoms with E-state index >= 15 is 0 Å². The van der Waals surface area contributed by atoms with Gasteiger partial charge < -0.3 is 14.6 Å². The Balaban J connectivity index is 1.81. The monoisotopic (exact) mass is 416 g/mol. The third kappa shape index (κ3) is 3.77. The fourth-order valence-corrected chi connectivity index (χ4v) is 4.51. The number of aliphatic carboxylic acids is 1. The number of nitrogens with zero attached hydrogens (tertiary/aromatic N) is 2. The molecular weight excluding hydrogens is 395 g/mol. The summed E-state index contributed by atoms with van der Waals surface area (Å²) < 4.78 is 2.29. The quantitative estimate of drug-likeness (QED) is 0.621. The molecule has 146 valence electrons. The molecular formula is C22H22Cl2N2O2. The normalized spacial score (nSPS) is 15.5. The summed E-state index contributed by atoms with van der Waals surface area (Å²) in [6.07, 6.45) is 1.04. The van der Waals surface area contributed by atoms with Gasteiger partial charge in [-0.25, -0.2) is 0 Å². The predicted molar refractivity (Wildman–Crippen MR) is 113 cm³/mol. The zero-order chi connectivity index (χ0) is 19.8. The lowest BCUT2D eigenvalue weighted by atomic mass is 9.95.